The van der Waals surface area contributed by atoms with Crippen LogP contribution in [-0.2, 0) is 9.59 Å². The summed E-state index contributed by atoms with van der Waals surface area (Å²) in [5, 5.41) is 0. The molecule has 0 aromatic carbocycles. The molecule has 21 heavy (non-hydrogen) atoms. The van der Waals surface area contributed by atoms with E-state index in [0.29, 0.717) is 12.3 Å². The number of hydrogen-bond acceptors (Lipinski definition) is 2. The van der Waals surface area contributed by atoms with Gasteiger partial charge in [-0.2, -0.15) is 0 Å². The Balaban J connectivity index is 3.09. The van der Waals surface area contributed by atoms with Crippen molar-refractivity contribution in [3.05, 3.63) is 11.8 Å². The largest absolute Gasteiger partial charge is 0.328 e. The van der Waals surface area contributed by atoms with E-state index in [1.54, 1.807) is 21.0 Å². The molecule has 4 nitrogen and oxygen atoms in total. The lowest BCUT2D eigenvalue weighted by Gasteiger charge is -2.39. The van der Waals surface area contributed by atoms with Crippen LogP contribution >= 0.6 is 34.8 Å². The van der Waals surface area contributed by atoms with Gasteiger partial charge >= 0.3 is 0 Å². The van der Waals surface area contributed by atoms with E-state index in [1.807, 2.05) is 13.8 Å². The molecular formula is C14H21Cl3N2O2. The van der Waals surface area contributed by atoms with E-state index in [1.165, 1.54) is 15.9 Å². The van der Waals surface area contributed by atoms with Crippen molar-refractivity contribution in [2.45, 2.75) is 37.0 Å². The highest BCUT2D eigenvalue weighted by Gasteiger charge is 2.40. The van der Waals surface area contributed by atoms with E-state index >= 15 is 0 Å². The molecule has 0 aromatic rings. The quantitative estimate of drug-likeness (QED) is 0.576. The van der Waals surface area contributed by atoms with Crippen molar-refractivity contribution >= 4 is 46.6 Å². The Bertz CT molecular complexity index is 458. The van der Waals surface area contributed by atoms with Gasteiger partial charge in [-0.05, 0) is 18.4 Å². The Morgan fingerprint density at radius 3 is 2.14 bits per heavy atom. The number of allylic oxidation sites excluding steroid dienone is 1. The summed E-state index contributed by atoms with van der Waals surface area (Å²) in [6.07, 6.45) is 2.16. The van der Waals surface area contributed by atoms with Crippen molar-refractivity contribution in [3.8, 4) is 0 Å². The predicted octanol–water partition coefficient (Wildman–Crippen LogP) is 3.22. The maximum Gasteiger partial charge on any atom is 0.270 e. The van der Waals surface area contributed by atoms with Crippen LogP contribution in [0.3, 0.4) is 0 Å². The summed E-state index contributed by atoms with van der Waals surface area (Å²) in [7, 11) is 3.21. The summed E-state index contributed by atoms with van der Waals surface area (Å²) in [5.41, 5.74) is 0.251. The first kappa shape index (κ1) is 18.6. The van der Waals surface area contributed by atoms with Gasteiger partial charge in [0.1, 0.15) is 11.7 Å². The molecule has 2 amide bonds. The molecule has 0 spiro atoms. The molecule has 1 aliphatic heterocycles. The van der Waals surface area contributed by atoms with Gasteiger partial charge in [0, 0.05) is 20.0 Å². The zero-order valence-corrected chi connectivity index (χ0v) is 15.1. The van der Waals surface area contributed by atoms with Crippen LogP contribution in [-0.4, -0.2) is 45.5 Å². The van der Waals surface area contributed by atoms with Gasteiger partial charge in [-0.3, -0.25) is 9.59 Å². The fourth-order valence-corrected chi connectivity index (χ4v) is 2.38. The van der Waals surface area contributed by atoms with Crippen LogP contribution in [0, 0.1) is 11.8 Å². The van der Waals surface area contributed by atoms with E-state index in [2.05, 4.69) is 0 Å². The normalized spacial score (nSPS) is 24.2. The fraction of sp³-hybridized carbons (Fsp3) is 0.714. The summed E-state index contributed by atoms with van der Waals surface area (Å²) >= 11 is 17.5. The summed E-state index contributed by atoms with van der Waals surface area (Å²) in [5.74, 6) is -0.530. The van der Waals surface area contributed by atoms with E-state index < -0.39 is 15.8 Å². The summed E-state index contributed by atoms with van der Waals surface area (Å²) in [6, 6.07) is -0.442. The van der Waals surface area contributed by atoms with Gasteiger partial charge in [0.15, 0.2) is 3.79 Å². The van der Waals surface area contributed by atoms with Crippen LogP contribution in [0.25, 0.3) is 0 Å². The Morgan fingerprint density at radius 2 is 1.71 bits per heavy atom. The topological polar surface area (TPSA) is 40.6 Å². The molecule has 1 rings (SSSR count). The minimum absolute atomic E-state index is 0.117. The summed E-state index contributed by atoms with van der Waals surface area (Å²) < 4.78 is -1.52. The second-order valence-electron chi connectivity index (χ2n) is 5.84. The third-order valence-corrected chi connectivity index (χ3v) is 4.64. The number of likely N-dealkylation sites (N-methyl/N-ethyl adjacent to an activating group) is 2. The smallest absolute Gasteiger partial charge is 0.270 e. The Hall–Kier alpha value is -0.450. The Morgan fingerprint density at radius 1 is 1.19 bits per heavy atom. The predicted molar refractivity (Wildman–Crippen MR) is 86.3 cm³/mol. The SMILES string of the molecule is CC(C)CC1C(=O)N(C)/C(=C\[C@H](C)C(Cl)(Cl)Cl)C(=O)N1C. The lowest BCUT2D eigenvalue weighted by atomic mass is 9.98. The summed E-state index contributed by atoms with van der Waals surface area (Å²) in [4.78, 5) is 27.8. The molecule has 1 aliphatic rings. The molecule has 1 saturated heterocycles. The lowest BCUT2D eigenvalue weighted by molar-refractivity contribution is -0.149. The van der Waals surface area contributed by atoms with Crippen molar-refractivity contribution in [2.75, 3.05) is 14.1 Å². The second-order valence-corrected chi connectivity index (χ2v) is 8.21. The number of halogens is 3. The molecule has 2 atom stereocenters. The van der Waals surface area contributed by atoms with Crippen LogP contribution in [0.1, 0.15) is 27.2 Å². The number of carbonyl (C=O) groups excluding carboxylic acids is 2. The highest BCUT2D eigenvalue weighted by atomic mass is 35.6. The van der Waals surface area contributed by atoms with Crippen LogP contribution in [0.4, 0.5) is 0 Å². The Kier molecular flexibility index (Phi) is 5.99. The number of amides is 2. The molecule has 0 aromatic heterocycles. The Labute approximate surface area is 141 Å². The van der Waals surface area contributed by atoms with Gasteiger partial charge < -0.3 is 9.80 Å². The van der Waals surface area contributed by atoms with Gasteiger partial charge in [-0.15, -0.1) is 0 Å². The molecule has 0 bridgehead atoms. The molecule has 0 saturated carbocycles. The van der Waals surface area contributed by atoms with Crippen molar-refractivity contribution in [2.24, 2.45) is 11.8 Å². The van der Waals surface area contributed by atoms with Crippen LogP contribution < -0.4 is 0 Å². The number of rotatable bonds is 3. The van der Waals surface area contributed by atoms with E-state index in [9.17, 15) is 9.59 Å². The molecule has 1 heterocycles. The molecule has 0 N–H and O–H groups in total. The minimum atomic E-state index is -1.52. The van der Waals surface area contributed by atoms with E-state index in [-0.39, 0.29) is 17.5 Å². The minimum Gasteiger partial charge on any atom is -0.328 e. The third kappa shape index (κ3) is 4.27. The van der Waals surface area contributed by atoms with Gasteiger partial charge in [0.25, 0.3) is 5.91 Å². The van der Waals surface area contributed by atoms with Gasteiger partial charge in [-0.1, -0.05) is 55.6 Å². The molecule has 120 valence electrons. The number of nitrogens with zero attached hydrogens (tertiary/aromatic N) is 2. The first-order valence-corrected chi connectivity index (χ1v) is 7.93. The van der Waals surface area contributed by atoms with Crippen molar-refractivity contribution in [1.82, 2.24) is 9.80 Å². The average Bonchev–Trinajstić information content (AvgIpc) is 2.35. The summed E-state index contributed by atoms with van der Waals surface area (Å²) in [6.45, 7) is 5.72. The zero-order valence-electron chi connectivity index (χ0n) is 12.9. The maximum atomic E-state index is 12.5. The molecule has 7 heteroatoms. The number of piperazine rings is 1. The highest BCUT2D eigenvalue weighted by molar-refractivity contribution is 6.67. The first-order valence-electron chi connectivity index (χ1n) is 6.80. The zero-order chi connectivity index (χ0) is 16.5. The fourth-order valence-electron chi connectivity index (χ4n) is 2.19. The van der Waals surface area contributed by atoms with E-state index in [4.69, 9.17) is 34.8 Å². The number of alkyl halides is 3. The van der Waals surface area contributed by atoms with Crippen LogP contribution in [0.15, 0.2) is 11.8 Å². The first-order chi connectivity index (χ1) is 9.46. The van der Waals surface area contributed by atoms with Crippen molar-refractivity contribution in [3.63, 3.8) is 0 Å². The monoisotopic (exact) mass is 354 g/mol. The molecule has 1 fully saturated rings. The molecule has 0 radical (unpaired) electrons. The van der Waals surface area contributed by atoms with Crippen LogP contribution in [0.2, 0.25) is 0 Å². The van der Waals surface area contributed by atoms with E-state index in [0.717, 1.165) is 0 Å². The van der Waals surface area contributed by atoms with Gasteiger partial charge in [-0.25, -0.2) is 0 Å². The highest BCUT2D eigenvalue weighted by Crippen LogP contribution is 2.37. The van der Waals surface area contributed by atoms with Gasteiger partial charge in [0.2, 0.25) is 5.91 Å². The lowest BCUT2D eigenvalue weighted by Crippen LogP contribution is -2.56. The van der Waals surface area contributed by atoms with Gasteiger partial charge in [0.05, 0.1) is 0 Å². The molecule has 0 aliphatic carbocycles. The molecular weight excluding hydrogens is 335 g/mol. The molecule has 1 unspecified atom stereocenters. The third-order valence-electron chi connectivity index (χ3n) is 3.60. The van der Waals surface area contributed by atoms with Crippen molar-refractivity contribution in [1.29, 1.82) is 0 Å². The average molecular weight is 356 g/mol. The standard InChI is InChI=1S/C14H21Cl3N2O2/c1-8(2)6-10-12(20)19(5)11(13(21)18(10)4)7-9(3)14(15,16)17/h7-10H,6H2,1-5H3/b11-7-/t9-,10?/m0/s1. The number of carbonyl (C=O) groups is 2. The van der Waals surface area contributed by atoms with Crippen LogP contribution in [0.5, 0.6) is 0 Å². The maximum absolute atomic E-state index is 12.5. The number of hydrogen-bond donors (Lipinski definition) is 0. The second kappa shape index (κ2) is 6.76. The van der Waals surface area contributed by atoms with Crippen molar-refractivity contribution < 1.29 is 9.59 Å².